The summed E-state index contributed by atoms with van der Waals surface area (Å²) in [4.78, 5) is 23.5. The number of fused-ring (bicyclic) bond motifs is 1. The molecule has 2 fully saturated rings. The first kappa shape index (κ1) is 21.1. The third-order valence-electron chi connectivity index (χ3n) is 6.94. The Bertz CT molecular complexity index is 1110. The molecule has 6 nitrogen and oxygen atoms in total. The Balaban J connectivity index is 1.55. The van der Waals surface area contributed by atoms with Gasteiger partial charge in [-0.3, -0.25) is 4.79 Å². The Morgan fingerprint density at radius 3 is 2.56 bits per heavy atom. The van der Waals surface area contributed by atoms with Crippen LogP contribution < -0.4 is 0 Å². The smallest absolute Gasteiger partial charge is 0.255 e. The van der Waals surface area contributed by atoms with Crippen molar-refractivity contribution in [3.8, 4) is 11.3 Å². The Hall–Kier alpha value is -2.73. The molecule has 168 valence electrons. The molecule has 2 aliphatic rings. The first-order valence-corrected chi connectivity index (χ1v) is 12.0. The molecule has 2 aromatic heterocycles. The number of likely N-dealkylation sites (tertiary alicyclic amines) is 2. The van der Waals surface area contributed by atoms with Crippen LogP contribution in [0.5, 0.6) is 0 Å². The summed E-state index contributed by atoms with van der Waals surface area (Å²) >= 11 is 0. The molecule has 0 saturated carbocycles. The van der Waals surface area contributed by atoms with Crippen molar-refractivity contribution in [1.82, 2.24) is 24.6 Å². The minimum Gasteiger partial charge on any atom is -0.334 e. The van der Waals surface area contributed by atoms with E-state index in [1.54, 1.807) is 0 Å². The topological polar surface area (TPSA) is 54.3 Å². The summed E-state index contributed by atoms with van der Waals surface area (Å²) in [5, 5.41) is 5.44. The fourth-order valence-electron chi connectivity index (χ4n) is 5.16. The average Bonchev–Trinajstić information content (AvgIpc) is 3.54. The summed E-state index contributed by atoms with van der Waals surface area (Å²) in [6.07, 6.45) is 6.54. The van der Waals surface area contributed by atoms with Gasteiger partial charge in [0.1, 0.15) is 0 Å². The van der Waals surface area contributed by atoms with E-state index in [-0.39, 0.29) is 11.9 Å². The molecule has 3 aromatic rings. The van der Waals surface area contributed by atoms with Gasteiger partial charge in [-0.2, -0.15) is 5.10 Å². The molecule has 0 N–H and O–H groups in total. The van der Waals surface area contributed by atoms with Crippen LogP contribution in [-0.2, 0) is 0 Å². The van der Waals surface area contributed by atoms with Crippen LogP contribution in [0.1, 0.15) is 61.5 Å². The second-order valence-corrected chi connectivity index (χ2v) is 9.64. The Kier molecular flexibility index (Phi) is 5.72. The van der Waals surface area contributed by atoms with Gasteiger partial charge in [0.15, 0.2) is 5.65 Å². The Morgan fingerprint density at radius 1 is 1.09 bits per heavy atom. The van der Waals surface area contributed by atoms with Gasteiger partial charge >= 0.3 is 0 Å². The highest BCUT2D eigenvalue weighted by molar-refractivity contribution is 6.06. The largest absolute Gasteiger partial charge is 0.334 e. The van der Waals surface area contributed by atoms with Crippen molar-refractivity contribution in [3.05, 3.63) is 47.7 Å². The molecule has 4 heterocycles. The molecule has 1 atom stereocenters. The van der Waals surface area contributed by atoms with Crippen LogP contribution in [0.3, 0.4) is 0 Å². The van der Waals surface area contributed by atoms with Crippen molar-refractivity contribution in [2.24, 2.45) is 0 Å². The maximum atomic E-state index is 13.9. The minimum absolute atomic E-state index is 0.121. The van der Waals surface area contributed by atoms with Gasteiger partial charge in [0, 0.05) is 30.7 Å². The van der Waals surface area contributed by atoms with Gasteiger partial charge in [-0.25, -0.2) is 9.67 Å². The first-order valence-electron chi connectivity index (χ1n) is 12.0. The van der Waals surface area contributed by atoms with Crippen LogP contribution in [0.2, 0.25) is 0 Å². The normalized spacial score (nSPS) is 19.5. The summed E-state index contributed by atoms with van der Waals surface area (Å²) in [6, 6.07) is 10.8. The molecule has 1 amide bonds. The third kappa shape index (κ3) is 3.92. The lowest BCUT2D eigenvalue weighted by molar-refractivity contribution is 0.0710. The van der Waals surface area contributed by atoms with E-state index in [1.165, 1.54) is 18.4 Å². The monoisotopic (exact) mass is 431 g/mol. The molecule has 0 bridgehead atoms. The summed E-state index contributed by atoms with van der Waals surface area (Å²) < 4.78 is 1.93. The predicted molar refractivity (Wildman–Crippen MR) is 128 cm³/mol. The highest BCUT2D eigenvalue weighted by Crippen LogP contribution is 2.30. The molecular weight excluding hydrogens is 398 g/mol. The first-order chi connectivity index (χ1) is 15.5. The Morgan fingerprint density at radius 2 is 1.84 bits per heavy atom. The molecule has 6 heteroatoms. The van der Waals surface area contributed by atoms with Gasteiger partial charge in [-0.1, -0.05) is 29.8 Å². The van der Waals surface area contributed by atoms with Gasteiger partial charge < -0.3 is 9.80 Å². The van der Waals surface area contributed by atoms with Gasteiger partial charge in [0.25, 0.3) is 5.91 Å². The van der Waals surface area contributed by atoms with E-state index in [1.807, 2.05) is 16.9 Å². The van der Waals surface area contributed by atoms with E-state index in [4.69, 9.17) is 4.98 Å². The second-order valence-electron chi connectivity index (χ2n) is 9.64. The molecule has 0 aliphatic carbocycles. The number of nitrogens with zero attached hydrogens (tertiary/aromatic N) is 5. The zero-order chi connectivity index (χ0) is 22.2. The number of hydrogen-bond donors (Lipinski definition) is 0. The number of hydrogen-bond acceptors (Lipinski definition) is 4. The minimum atomic E-state index is 0.121. The molecule has 2 saturated heterocycles. The summed E-state index contributed by atoms with van der Waals surface area (Å²) in [5.74, 6) is 0.121. The third-order valence-corrected chi connectivity index (χ3v) is 6.94. The molecule has 5 rings (SSSR count). The fourth-order valence-corrected chi connectivity index (χ4v) is 5.16. The highest BCUT2D eigenvalue weighted by Gasteiger charge is 2.33. The fraction of sp³-hybridized carbons (Fsp3) is 0.500. The molecule has 32 heavy (non-hydrogen) atoms. The van der Waals surface area contributed by atoms with Crippen LogP contribution in [0.25, 0.3) is 22.3 Å². The SMILES string of the molecule is Cc1ccc(-c2cc(C(=O)N3CCCC3CN3CCCC3)c3cnn(C(C)C)c3n2)cc1. The number of pyridine rings is 1. The highest BCUT2D eigenvalue weighted by atomic mass is 16.2. The number of rotatable bonds is 5. The van der Waals surface area contributed by atoms with Gasteiger partial charge in [0.2, 0.25) is 0 Å². The van der Waals surface area contributed by atoms with E-state index >= 15 is 0 Å². The summed E-state index contributed by atoms with van der Waals surface area (Å²) in [5.41, 5.74) is 4.58. The zero-order valence-electron chi connectivity index (χ0n) is 19.4. The lowest BCUT2D eigenvalue weighted by Crippen LogP contribution is -2.42. The van der Waals surface area contributed by atoms with Crippen molar-refractivity contribution in [1.29, 1.82) is 0 Å². The molecule has 0 radical (unpaired) electrons. The van der Waals surface area contributed by atoms with Crippen molar-refractivity contribution in [2.75, 3.05) is 26.2 Å². The summed E-state index contributed by atoms with van der Waals surface area (Å²) in [6.45, 7) is 10.4. The van der Waals surface area contributed by atoms with Crippen LogP contribution in [0.15, 0.2) is 36.5 Å². The number of carbonyl (C=O) groups is 1. The van der Waals surface area contributed by atoms with Crippen molar-refractivity contribution in [2.45, 2.75) is 58.5 Å². The van der Waals surface area contributed by atoms with Crippen molar-refractivity contribution in [3.63, 3.8) is 0 Å². The van der Waals surface area contributed by atoms with Gasteiger partial charge in [-0.15, -0.1) is 0 Å². The van der Waals surface area contributed by atoms with Crippen LogP contribution in [0, 0.1) is 6.92 Å². The number of aromatic nitrogens is 3. The van der Waals surface area contributed by atoms with Crippen LogP contribution in [0.4, 0.5) is 0 Å². The number of aryl methyl sites for hydroxylation is 1. The maximum absolute atomic E-state index is 13.9. The van der Waals surface area contributed by atoms with E-state index in [2.05, 4.69) is 59.9 Å². The lowest BCUT2D eigenvalue weighted by atomic mass is 10.0. The average molecular weight is 432 g/mol. The van der Waals surface area contributed by atoms with E-state index in [9.17, 15) is 4.79 Å². The number of amides is 1. The maximum Gasteiger partial charge on any atom is 0.255 e. The van der Waals surface area contributed by atoms with Gasteiger partial charge in [0.05, 0.1) is 22.8 Å². The second kappa shape index (κ2) is 8.66. The quantitative estimate of drug-likeness (QED) is 0.588. The zero-order valence-corrected chi connectivity index (χ0v) is 19.4. The van der Waals surface area contributed by atoms with Crippen LogP contribution in [-0.4, -0.2) is 62.7 Å². The molecule has 2 aliphatic heterocycles. The molecule has 0 spiro atoms. The number of carbonyl (C=O) groups excluding carboxylic acids is 1. The van der Waals surface area contributed by atoms with Crippen molar-refractivity contribution >= 4 is 16.9 Å². The lowest BCUT2D eigenvalue weighted by Gasteiger charge is -2.29. The standard InChI is InChI=1S/C26H33N5O/c1-18(2)31-25-23(16-27-31)22(15-24(28-25)20-10-8-19(3)9-11-20)26(32)30-14-6-7-21(30)17-29-12-4-5-13-29/h8-11,15-16,18,21H,4-7,12-14,17H2,1-3H3. The molecule has 1 aromatic carbocycles. The molecular formula is C26H33N5O. The van der Waals surface area contributed by atoms with E-state index in [0.29, 0.717) is 6.04 Å². The van der Waals surface area contributed by atoms with Crippen molar-refractivity contribution < 1.29 is 4.79 Å². The van der Waals surface area contributed by atoms with E-state index in [0.717, 1.165) is 66.9 Å². The molecule has 1 unspecified atom stereocenters. The predicted octanol–water partition coefficient (Wildman–Crippen LogP) is 4.69. The Labute approximate surface area is 190 Å². The van der Waals surface area contributed by atoms with E-state index < -0.39 is 0 Å². The van der Waals surface area contributed by atoms with Gasteiger partial charge in [-0.05, 0) is 65.6 Å². The number of benzene rings is 1. The van der Waals surface area contributed by atoms with Crippen LogP contribution >= 0.6 is 0 Å². The summed E-state index contributed by atoms with van der Waals surface area (Å²) in [7, 11) is 0.